The van der Waals surface area contributed by atoms with Crippen LogP contribution in [-0.2, 0) is 35.0 Å². The molecule has 0 aromatic heterocycles. The van der Waals surface area contributed by atoms with E-state index < -0.39 is 18.5 Å². The van der Waals surface area contributed by atoms with Crippen molar-refractivity contribution in [3.8, 4) is 0 Å². The molecule has 0 unspecified atom stereocenters. The van der Waals surface area contributed by atoms with Gasteiger partial charge in [-0.15, -0.1) is 0 Å². The van der Waals surface area contributed by atoms with Crippen LogP contribution in [0.5, 0.6) is 0 Å². The van der Waals surface area contributed by atoms with Gasteiger partial charge in [0.15, 0.2) is 0 Å². The van der Waals surface area contributed by atoms with Crippen molar-refractivity contribution in [2.45, 2.75) is 38.5 Å². The van der Waals surface area contributed by atoms with Gasteiger partial charge in [-0.05, 0) is 0 Å². The van der Waals surface area contributed by atoms with E-state index in [2.05, 4.69) is 52.0 Å². The van der Waals surface area contributed by atoms with Gasteiger partial charge < -0.3 is 0 Å². The van der Waals surface area contributed by atoms with E-state index in [0.29, 0.717) is 13.2 Å². The Morgan fingerprint density at radius 2 is 1.00 bits per heavy atom. The zero-order chi connectivity index (χ0) is 18.6. The van der Waals surface area contributed by atoms with Gasteiger partial charge in [0, 0.05) is 0 Å². The number of halogens is 2. The number of hydrogen-bond acceptors (Lipinski definition) is 2. The van der Waals surface area contributed by atoms with Gasteiger partial charge in [0.1, 0.15) is 0 Å². The molecule has 25 heavy (non-hydrogen) atoms. The normalized spacial score (nSPS) is 13.0. The third-order valence-corrected chi connectivity index (χ3v) is 11.3. The summed E-state index contributed by atoms with van der Waals surface area (Å²) in [7, 11) is 12.9. The predicted molar refractivity (Wildman–Crippen MR) is 103 cm³/mol. The number of benzene rings is 2. The number of hydrogen-bond donors (Lipinski definition) is 0. The molecule has 0 spiro atoms. The van der Waals surface area contributed by atoms with Crippen molar-refractivity contribution < 1.29 is 24.2 Å². The summed E-state index contributed by atoms with van der Waals surface area (Å²) < 4.78 is 11.8. The van der Waals surface area contributed by atoms with Crippen molar-refractivity contribution in [3.05, 3.63) is 71.8 Å². The molecule has 2 nitrogen and oxygen atoms in total. The van der Waals surface area contributed by atoms with Crippen LogP contribution in [0.1, 0.15) is 38.8 Å². The first-order chi connectivity index (χ1) is 11.6. The van der Waals surface area contributed by atoms with Gasteiger partial charge in [-0.2, -0.15) is 0 Å². The Hall–Kier alpha value is -0.190. The molecule has 5 heteroatoms. The Morgan fingerprint density at radius 1 is 0.680 bits per heavy atom. The minimum absolute atomic E-state index is 0.172. The average molecular weight is 548 g/mol. The predicted octanol–water partition coefficient (Wildman–Crippen LogP) is 6.27. The summed E-state index contributed by atoms with van der Waals surface area (Å²) >= 11 is -4.18. The Bertz CT molecular complexity index is 600. The maximum absolute atomic E-state index is 6.47. The van der Waals surface area contributed by atoms with Crippen LogP contribution in [0.25, 0.3) is 0 Å². The zero-order valence-electron chi connectivity index (χ0n) is 15.3. The van der Waals surface area contributed by atoms with Gasteiger partial charge in [0.25, 0.3) is 0 Å². The summed E-state index contributed by atoms with van der Waals surface area (Å²) in [5, 5.41) is 0. The Morgan fingerprint density at radius 3 is 1.32 bits per heavy atom. The van der Waals surface area contributed by atoms with Crippen molar-refractivity contribution in [1.82, 2.24) is 0 Å². The van der Waals surface area contributed by atoms with Crippen LogP contribution in [0.2, 0.25) is 0 Å². The fraction of sp³-hybridized carbons (Fsp3) is 0.400. The standard InChI is InChI=1S/2C10H13O.2ClH.Hf/c2*1-10(2,8-11)9-6-4-3-5-7-9;;;/h2*3-7H,8H2,1-2H3;2*1H;/q2*-1;;;+4/p-2. The van der Waals surface area contributed by atoms with Crippen LogP contribution in [0.3, 0.4) is 0 Å². The maximum atomic E-state index is 6.47. The van der Waals surface area contributed by atoms with Crippen molar-refractivity contribution >= 4 is 17.2 Å². The summed E-state index contributed by atoms with van der Waals surface area (Å²) in [6, 6.07) is 20.4. The molecule has 0 bridgehead atoms. The zero-order valence-corrected chi connectivity index (χ0v) is 20.4. The van der Waals surface area contributed by atoms with Gasteiger partial charge in [0.2, 0.25) is 0 Å². The van der Waals surface area contributed by atoms with Crippen LogP contribution >= 0.6 is 17.2 Å². The minimum atomic E-state index is -4.18. The average Bonchev–Trinajstić information content (AvgIpc) is 2.60. The van der Waals surface area contributed by atoms with Crippen LogP contribution in [0.4, 0.5) is 0 Å². The Balaban J connectivity index is 1.93. The molecule has 2 aromatic carbocycles. The first-order valence-electron chi connectivity index (χ1n) is 8.39. The molecule has 0 heterocycles. The van der Waals surface area contributed by atoms with E-state index in [9.17, 15) is 0 Å². The van der Waals surface area contributed by atoms with Gasteiger partial charge in [0.05, 0.1) is 0 Å². The fourth-order valence-corrected chi connectivity index (χ4v) is 8.40. The molecule has 0 radical (unpaired) electrons. The second-order valence-corrected chi connectivity index (χ2v) is 22.7. The first kappa shape index (κ1) is 21.1. The molecule has 0 saturated carbocycles. The summed E-state index contributed by atoms with van der Waals surface area (Å²) in [6.07, 6.45) is 0. The molecule has 0 saturated heterocycles. The topological polar surface area (TPSA) is 18.5 Å². The molecule has 0 amide bonds. The van der Waals surface area contributed by atoms with E-state index in [1.54, 1.807) is 0 Å². The number of rotatable bonds is 8. The van der Waals surface area contributed by atoms with Gasteiger partial charge >= 0.3 is 165 Å². The third-order valence-electron chi connectivity index (χ3n) is 4.31. The van der Waals surface area contributed by atoms with E-state index in [0.717, 1.165) is 0 Å². The van der Waals surface area contributed by atoms with Crippen LogP contribution in [0.15, 0.2) is 60.7 Å². The SMILES string of the molecule is CC(C)(C[O][Hf]([Cl])([Cl])[O]CC(C)(C)c1ccccc1)c1ccccc1. The quantitative estimate of drug-likeness (QED) is 0.363. The van der Waals surface area contributed by atoms with Crippen molar-refractivity contribution in [1.29, 1.82) is 0 Å². The van der Waals surface area contributed by atoms with Crippen molar-refractivity contribution in [3.63, 3.8) is 0 Å². The van der Waals surface area contributed by atoms with E-state index >= 15 is 0 Å². The summed E-state index contributed by atoms with van der Waals surface area (Å²) in [4.78, 5) is 0. The van der Waals surface area contributed by atoms with E-state index in [1.165, 1.54) is 11.1 Å². The molecule has 0 aliphatic carbocycles. The molecule has 0 fully saturated rings. The molecule has 136 valence electrons. The third kappa shape index (κ3) is 6.48. The van der Waals surface area contributed by atoms with E-state index in [-0.39, 0.29) is 10.8 Å². The van der Waals surface area contributed by atoms with Gasteiger partial charge in [-0.1, -0.05) is 0 Å². The summed E-state index contributed by atoms with van der Waals surface area (Å²) in [6.45, 7) is 9.36. The van der Waals surface area contributed by atoms with Crippen LogP contribution in [-0.4, -0.2) is 13.2 Å². The Kier molecular flexibility index (Phi) is 7.32. The van der Waals surface area contributed by atoms with Crippen LogP contribution < -0.4 is 0 Å². The van der Waals surface area contributed by atoms with Crippen LogP contribution in [0, 0.1) is 0 Å². The van der Waals surface area contributed by atoms with Gasteiger partial charge in [-0.3, -0.25) is 0 Å². The van der Waals surface area contributed by atoms with E-state index in [1.807, 2.05) is 36.4 Å². The van der Waals surface area contributed by atoms with Crippen molar-refractivity contribution in [2.24, 2.45) is 0 Å². The van der Waals surface area contributed by atoms with Crippen molar-refractivity contribution in [2.75, 3.05) is 13.2 Å². The molecule has 0 aliphatic rings. The molecule has 2 aromatic rings. The molecule has 0 N–H and O–H groups in total. The summed E-state index contributed by atoms with van der Waals surface area (Å²) in [5.74, 6) is 0. The second kappa shape index (κ2) is 8.67. The first-order valence-corrected chi connectivity index (χ1v) is 20.2. The molecule has 0 atom stereocenters. The second-order valence-electron chi connectivity index (χ2n) is 7.54. The molecule has 2 rings (SSSR count). The molecular formula is C20H26Cl2HfO2. The Labute approximate surface area is 164 Å². The van der Waals surface area contributed by atoms with E-state index in [4.69, 9.17) is 22.9 Å². The van der Waals surface area contributed by atoms with Gasteiger partial charge in [-0.25, -0.2) is 0 Å². The monoisotopic (exact) mass is 548 g/mol. The fourth-order valence-electron chi connectivity index (χ4n) is 2.52. The summed E-state index contributed by atoms with van der Waals surface area (Å²) in [5.41, 5.74) is 2.04. The molecular weight excluding hydrogens is 522 g/mol. The molecule has 0 aliphatic heterocycles.